The molecule has 0 saturated carbocycles. The van der Waals surface area contributed by atoms with E-state index in [1.165, 1.54) is 34.0 Å². The molecule has 0 aromatic heterocycles. The first-order chi connectivity index (χ1) is 15.2. The number of rotatable bonds is 8. The molecule has 3 rings (SSSR count). The summed E-state index contributed by atoms with van der Waals surface area (Å²) in [4.78, 5) is 0. The molecule has 0 bridgehead atoms. The van der Waals surface area contributed by atoms with E-state index in [0.29, 0.717) is 11.8 Å². The molecule has 2 aromatic rings. The number of hydrogen-bond acceptors (Lipinski definition) is 0. The predicted octanol–water partition coefficient (Wildman–Crippen LogP) is 10.2. The van der Waals surface area contributed by atoms with E-state index in [4.69, 9.17) is 25.4 Å². The number of hydrogen-bond donors (Lipinski definition) is 0. The van der Waals surface area contributed by atoms with Crippen LogP contribution in [0.15, 0.2) is 72.3 Å². The van der Waals surface area contributed by atoms with Gasteiger partial charge in [0.15, 0.2) is 0 Å². The van der Waals surface area contributed by atoms with Crippen LogP contribution in [0.3, 0.4) is 0 Å². The van der Waals surface area contributed by atoms with Crippen molar-refractivity contribution in [1.82, 2.24) is 0 Å². The van der Waals surface area contributed by atoms with Crippen molar-refractivity contribution in [2.75, 3.05) is 0 Å². The fourth-order valence-corrected chi connectivity index (χ4v) is 4.09. The molecule has 1 aliphatic rings. The van der Waals surface area contributed by atoms with Crippen LogP contribution in [0.4, 0.5) is 5.69 Å². The third kappa shape index (κ3) is 7.36. The monoisotopic (exact) mass is 507 g/mol. The van der Waals surface area contributed by atoms with Crippen molar-refractivity contribution in [2.45, 2.75) is 66.2 Å². The van der Waals surface area contributed by atoms with Gasteiger partial charge in [-0.15, -0.1) is 17.8 Å². The summed E-state index contributed by atoms with van der Waals surface area (Å²) in [5.74, 6) is 0.887. The van der Waals surface area contributed by atoms with Crippen LogP contribution in [0.1, 0.15) is 82.9 Å². The van der Waals surface area contributed by atoms with Gasteiger partial charge in [0, 0.05) is 0 Å². The normalized spacial score (nSPS) is 13.1. The molecule has 0 spiro atoms. The fraction of sp³-hybridized carbons (Fsp3) is 0.393. The first-order valence-electron chi connectivity index (χ1n) is 11.2. The maximum atomic E-state index is 5.40. The zero-order chi connectivity index (χ0) is 23.7. The molecule has 1 aliphatic carbocycles. The third-order valence-electron chi connectivity index (χ3n) is 5.95. The van der Waals surface area contributed by atoms with Crippen LogP contribution in [-0.4, -0.2) is 0 Å². The Kier molecular flexibility index (Phi) is 10.8. The van der Waals surface area contributed by atoms with Crippen molar-refractivity contribution in [3.05, 3.63) is 100 Å². The van der Waals surface area contributed by atoms with Gasteiger partial charge in [0.05, 0.1) is 0 Å². The Balaban J connectivity index is 0.00000114. The van der Waals surface area contributed by atoms with Gasteiger partial charge in [-0.1, -0.05) is 107 Å². The number of allylic oxidation sites excluding steroid dienone is 4. The number of nitrogens with zero attached hydrogens (tertiary/aromatic N) is 1. The Bertz CT molecular complexity index is 875. The molecule has 0 N–H and O–H groups in total. The topological polar surface area (TPSA) is 14.1 Å². The van der Waals surface area contributed by atoms with Crippen LogP contribution in [0, 0.1) is 11.5 Å². The molecule has 0 saturated heterocycles. The summed E-state index contributed by atoms with van der Waals surface area (Å²) in [5, 5.41) is 5.40. The molecule has 0 radical (unpaired) electrons. The Morgan fingerprint density at radius 3 is 1.97 bits per heavy atom. The molecule has 0 amide bonds. The molecule has 2 aromatic carbocycles. The van der Waals surface area contributed by atoms with Crippen LogP contribution in [-0.2, 0) is 13.4 Å². The Hall–Kier alpha value is -1.30. The third-order valence-corrected chi connectivity index (χ3v) is 5.95. The van der Waals surface area contributed by atoms with Crippen LogP contribution >= 0.6 is 20.1 Å². The average Bonchev–Trinajstić information content (AvgIpc) is 3.30. The van der Waals surface area contributed by atoms with Crippen LogP contribution < -0.4 is 0 Å². The van der Waals surface area contributed by atoms with Crippen molar-refractivity contribution in [3.8, 4) is 0 Å². The summed E-state index contributed by atoms with van der Waals surface area (Å²) in [6.07, 6.45) is 8.69. The Morgan fingerprint density at radius 2 is 1.50 bits per heavy atom. The zero-order valence-electron chi connectivity index (χ0n) is 20.0. The Morgan fingerprint density at radius 1 is 0.938 bits per heavy atom. The summed E-state index contributed by atoms with van der Waals surface area (Å²) in [5.41, 5.74) is 6.63. The van der Waals surface area contributed by atoms with Gasteiger partial charge < -0.3 is 5.32 Å². The van der Waals surface area contributed by atoms with E-state index in [0.717, 1.165) is 12.8 Å². The quantitative estimate of drug-likeness (QED) is 0.315. The Labute approximate surface area is 210 Å². The second kappa shape index (κ2) is 12.8. The molecule has 174 valence electrons. The number of benzene rings is 2. The molecule has 1 nitrogen and oxygen atoms in total. The molecule has 0 heterocycles. The number of halogens is 2. The molecular formula is C28H35Cl2CrN-2. The molecule has 0 fully saturated rings. The van der Waals surface area contributed by atoms with Crippen molar-refractivity contribution in [3.63, 3.8) is 0 Å². The summed E-state index contributed by atoms with van der Waals surface area (Å²) in [6, 6.07) is 18.6. The molecule has 4 heteroatoms. The summed E-state index contributed by atoms with van der Waals surface area (Å²) < 4.78 is 0. The minimum absolute atomic E-state index is 0.0724. The van der Waals surface area contributed by atoms with Gasteiger partial charge >= 0.3 is 33.5 Å². The van der Waals surface area contributed by atoms with Gasteiger partial charge in [0.2, 0.25) is 0 Å². The van der Waals surface area contributed by atoms with E-state index in [-0.39, 0.29) is 18.8 Å². The molecule has 32 heavy (non-hydrogen) atoms. The van der Waals surface area contributed by atoms with E-state index in [2.05, 4.69) is 108 Å². The standard InChI is InChI=1S/C28H35N.2ClH.Cr/c1-20(2)24-17-12-18-25(21(3)4)27(24)29-26(22-13-8-7-9-14-22)19-28(5,6)23-15-10-11-16-23;;;/h7-15,17-18,20-21H,16,19H2,1-6H3;2*1H;/q-2;;;+2/p-2. The van der Waals surface area contributed by atoms with Gasteiger partial charge in [0.25, 0.3) is 0 Å². The van der Waals surface area contributed by atoms with E-state index in [1.807, 2.05) is 0 Å². The summed E-state index contributed by atoms with van der Waals surface area (Å²) in [6.45, 7) is 13.8. The summed E-state index contributed by atoms with van der Waals surface area (Å²) in [7, 11) is 9.65. The maximum absolute atomic E-state index is 5.40. The fourth-order valence-electron chi connectivity index (χ4n) is 4.09. The van der Waals surface area contributed by atoms with E-state index in [1.54, 1.807) is 0 Å². The number of para-hydroxylation sites is 1. The molecule has 0 atom stereocenters. The van der Waals surface area contributed by atoms with Crippen LogP contribution in [0.2, 0.25) is 0 Å². The molecule has 0 unspecified atom stereocenters. The first kappa shape index (κ1) is 27.0. The SMILES string of the molecule is CC(C)c1cccc(C(C)C)c1[N-][C-](CC(C)(C)C1=CC=CC1)c1ccccc1.[Cl][Cr][Cl]. The van der Waals surface area contributed by atoms with Crippen LogP contribution in [0.25, 0.3) is 5.32 Å². The van der Waals surface area contributed by atoms with Crippen LogP contribution in [0.5, 0.6) is 0 Å². The second-order valence-electron chi connectivity index (χ2n) is 9.46. The van der Waals surface area contributed by atoms with Crippen molar-refractivity contribution >= 4 is 25.8 Å². The van der Waals surface area contributed by atoms with Gasteiger partial charge in [-0.05, 0) is 23.7 Å². The van der Waals surface area contributed by atoms with Crippen molar-refractivity contribution < 1.29 is 13.4 Å². The predicted molar refractivity (Wildman–Crippen MR) is 138 cm³/mol. The van der Waals surface area contributed by atoms with Gasteiger partial charge in [0.1, 0.15) is 0 Å². The second-order valence-corrected chi connectivity index (χ2v) is 11.6. The summed E-state index contributed by atoms with van der Waals surface area (Å²) >= 11 is -0.181. The average molecular weight is 508 g/mol. The van der Waals surface area contributed by atoms with Gasteiger partial charge in [-0.25, -0.2) is 5.56 Å². The van der Waals surface area contributed by atoms with Gasteiger partial charge in [-0.2, -0.15) is 12.1 Å². The molecule has 0 aliphatic heterocycles. The first-order valence-corrected chi connectivity index (χ1v) is 14.7. The zero-order valence-corrected chi connectivity index (χ0v) is 22.8. The van der Waals surface area contributed by atoms with E-state index in [9.17, 15) is 0 Å². The minimum atomic E-state index is -0.181. The van der Waals surface area contributed by atoms with Crippen molar-refractivity contribution in [2.24, 2.45) is 5.41 Å². The van der Waals surface area contributed by atoms with Crippen molar-refractivity contribution in [1.29, 1.82) is 0 Å². The van der Waals surface area contributed by atoms with E-state index >= 15 is 0 Å². The van der Waals surface area contributed by atoms with Gasteiger partial charge in [-0.3, -0.25) is 6.04 Å². The van der Waals surface area contributed by atoms with E-state index < -0.39 is 0 Å². The molecular weight excluding hydrogens is 473 g/mol.